The average Bonchev–Trinajstić information content (AvgIpc) is 2.31. The van der Waals surface area contributed by atoms with Crippen LogP contribution in [0, 0.1) is 5.92 Å². The van der Waals surface area contributed by atoms with Crippen LogP contribution in [0.2, 0.25) is 0 Å². The second kappa shape index (κ2) is 5.99. The first-order valence-electron chi connectivity index (χ1n) is 6.92. The van der Waals surface area contributed by atoms with Crippen molar-refractivity contribution in [1.82, 2.24) is 9.97 Å². The summed E-state index contributed by atoms with van der Waals surface area (Å²) in [5.41, 5.74) is 1.16. The summed E-state index contributed by atoms with van der Waals surface area (Å²) in [5.74, 6) is 2.88. The number of rotatable bonds is 6. The van der Waals surface area contributed by atoms with E-state index in [1.165, 1.54) is 19.3 Å². The molecule has 0 aromatic carbocycles. The van der Waals surface area contributed by atoms with Crippen molar-refractivity contribution in [2.24, 2.45) is 5.92 Å². The summed E-state index contributed by atoms with van der Waals surface area (Å²) >= 11 is 0. The fourth-order valence-electron chi connectivity index (χ4n) is 2.12. The third kappa shape index (κ3) is 3.42. The topological polar surface area (TPSA) is 37.8 Å². The zero-order chi connectivity index (χ0) is 12.1. The van der Waals surface area contributed by atoms with Gasteiger partial charge in [-0.3, -0.25) is 0 Å². The van der Waals surface area contributed by atoms with Crippen LogP contribution in [0.5, 0.6) is 0 Å². The van der Waals surface area contributed by atoms with Crippen LogP contribution in [0.4, 0.5) is 5.82 Å². The zero-order valence-electron chi connectivity index (χ0n) is 11.0. The second-order valence-electron chi connectivity index (χ2n) is 4.94. The molecule has 0 saturated heterocycles. The van der Waals surface area contributed by atoms with Crippen LogP contribution in [0.25, 0.3) is 0 Å². The van der Waals surface area contributed by atoms with Crippen molar-refractivity contribution in [3.63, 3.8) is 0 Å². The van der Waals surface area contributed by atoms with Crippen molar-refractivity contribution in [3.8, 4) is 0 Å². The van der Waals surface area contributed by atoms with E-state index in [2.05, 4.69) is 35.2 Å². The Kier molecular flexibility index (Phi) is 4.35. The van der Waals surface area contributed by atoms with Crippen LogP contribution in [0.15, 0.2) is 6.07 Å². The minimum absolute atomic E-state index is 0.834. The fraction of sp³-hybridized carbons (Fsp3) is 0.714. The molecule has 0 amide bonds. The lowest BCUT2D eigenvalue weighted by molar-refractivity contribution is 0.309. The van der Waals surface area contributed by atoms with Gasteiger partial charge in [-0.25, -0.2) is 9.97 Å². The Bertz CT molecular complexity index is 358. The predicted molar refractivity (Wildman–Crippen MR) is 71.2 cm³/mol. The normalized spacial score (nSPS) is 15.6. The van der Waals surface area contributed by atoms with Crippen molar-refractivity contribution < 1.29 is 0 Å². The summed E-state index contributed by atoms with van der Waals surface area (Å²) in [6, 6.07) is 2.08. The maximum absolute atomic E-state index is 4.63. The highest BCUT2D eigenvalue weighted by Gasteiger charge is 2.19. The Morgan fingerprint density at radius 3 is 2.71 bits per heavy atom. The lowest BCUT2D eigenvalue weighted by Crippen LogP contribution is -2.16. The maximum Gasteiger partial charge on any atom is 0.131 e. The van der Waals surface area contributed by atoms with E-state index in [4.69, 9.17) is 0 Å². The minimum Gasteiger partial charge on any atom is -0.370 e. The first kappa shape index (κ1) is 12.3. The molecular weight excluding hydrogens is 210 g/mol. The monoisotopic (exact) mass is 233 g/mol. The van der Waals surface area contributed by atoms with Gasteiger partial charge in [0.2, 0.25) is 0 Å². The van der Waals surface area contributed by atoms with Crippen LogP contribution < -0.4 is 5.32 Å². The molecule has 0 spiro atoms. The van der Waals surface area contributed by atoms with Gasteiger partial charge in [-0.1, -0.05) is 33.1 Å². The third-order valence-corrected chi connectivity index (χ3v) is 3.44. The van der Waals surface area contributed by atoms with Crippen LogP contribution in [-0.2, 0) is 12.8 Å². The molecule has 0 unspecified atom stereocenters. The summed E-state index contributed by atoms with van der Waals surface area (Å²) in [4.78, 5) is 9.25. The lowest BCUT2D eigenvalue weighted by Gasteiger charge is -2.24. The summed E-state index contributed by atoms with van der Waals surface area (Å²) < 4.78 is 0. The molecule has 2 rings (SSSR count). The smallest absolute Gasteiger partial charge is 0.131 e. The summed E-state index contributed by atoms with van der Waals surface area (Å²) in [7, 11) is 0. The molecule has 1 saturated carbocycles. The standard InChI is InChI=1S/C14H23N3/c1-3-8-15-13-10-12(4-2)16-14(17-13)9-11-6-5-7-11/h10-11H,3-9H2,1-2H3,(H,15,16,17). The average molecular weight is 233 g/mol. The molecular formula is C14H23N3. The molecule has 3 heteroatoms. The van der Waals surface area contributed by atoms with Gasteiger partial charge in [0, 0.05) is 24.7 Å². The van der Waals surface area contributed by atoms with Gasteiger partial charge in [0.05, 0.1) is 0 Å². The molecule has 1 aromatic heterocycles. The molecule has 0 aliphatic heterocycles. The lowest BCUT2D eigenvalue weighted by atomic mass is 9.83. The molecule has 1 aliphatic rings. The molecule has 94 valence electrons. The van der Waals surface area contributed by atoms with E-state index in [1.807, 2.05) is 0 Å². The van der Waals surface area contributed by atoms with Gasteiger partial charge in [-0.05, 0) is 18.8 Å². The minimum atomic E-state index is 0.834. The summed E-state index contributed by atoms with van der Waals surface area (Å²) in [6.07, 6.45) is 7.28. The first-order valence-corrected chi connectivity index (χ1v) is 6.92. The summed E-state index contributed by atoms with van der Waals surface area (Å²) in [5, 5.41) is 3.37. The molecule has 1 fully saturated rings. The van der Waals surface area contributed by atoms with E-state index in [9.17, 15) is 0 Å². The Morgan fingerprint density at radius 2 is 2.12 bits per heavy atom. The molecule has 1 N–H and O–H groups in total. The van der Waals surface area contributed by atoms with Gasteiger partial charge in [0.15, 0.2) is 0 Å². The van der Waals surface area contributed by atoms with Crippen molar-refractivity contribution in [3.05, 3.63) is 17.6 Å². The number of aromatic nitrogens is 2. The van der Waals surface area contributed by atoms with Crippen LogP contribution in [0.3, 0.4) is 0 Å². The third-order valence-electron chi connectivity index (χ3n) is 3.44. The van der Waals surface area contributed by atoms with Gasteiger partial charge in [-0.15, -0.1) is 0 Å². The Labute approximate surface area is 104 Å². The molecule has 3 nitrogen and oxygen atoms in total. The van der Waals surface area contributed by atoms with Gasteiger partial charge in [0.25, 0.3) is 0 Å². The van der Waals surface area contributed by atoms with E-state index in [1.54, 1.807) is 0 Å². The van der Waals surface area contributed by atoms with Crippen molar-refractivity contribution >= 4 is 5.82 Å². The van der Waals surface area contributed by atoms with Crippen LogP contribution >= 0.6 is 0 Å². The number of nitrogens with zero attached hydrogens (tertiary/aromatic N) is 2. The summed E-state index contributed by atoms with van der Waals surface area (Å²) in [6.45, 7) is 5.31. The number of hydrogen-bond acceptors (Lipinski definition) is 3. The van der Waals surface area contributed by atoms with Gasteiger partial charge < -0.3 is 5.32 Å². The molecule has 1 aliphatic carbocycles. The molecule has 1 aromatic rings. The Balaban J connectivity index is 2.06. The molecule has 17 heavy (non-hydrogen) atoms. The van der Waals surface area contributed by atoms with Crippen molar-refractivity contribution in [1.29, 1.82) is 0 Å². The van der Waals surface area contributed by atoms with Crippen LogP contribution in [0.1, 0.15) is 51.0 Å². The quantitative estimate of drug-likeness (QED) is 0.820. The van der Waals surface area contributed by atoms with Gasteiger partial charge >= 0.3 is 0 Å². The highest BCUT2D eigenvalue weighted by Crippen LogP contribution is 2.29. The SMILES string of the molecule is CCCNc1cc(CC)nc(CC2CCC2)n1. The van der Waals surface area contributed by atoms with Gasteiger partial charge in [0.1, 0.15) is 11.6 Å². The van der Waals surface area contributed by atoms with E-state index in [-0.39, 0.29) is 0 Å². The number of hydrogen-bond donors (Lipinski definition) is 1. The van der Waals surface area contributed by atoms with E-state index in [0.29, 0.717) is 0 Å². The second-order valence-corrected chi connectivity index (χ2v) is 4.94. The molecule has 0 radical (unpaired) electrons. The molecule has 0 bridgehead atoms. The highest BCUT2D eigenvalue weighted by atomic mass is 15.0. The number of aryl methyl sites for hydroxylation is 1. The highest BCUT2D eigenvalue weighted by molar-refractivity contribution is 5.36. The molecule has 1 heterocycles. The zero-order valence-corrected chi connectivity index (χ0v) is 11.0. The van der Waals surface area contributed by atoms with E-state index < -0.39 is 0 Å². The fourth-order valence-corrected chi connectivity index (χ4v) is 2.12. The number of nitrogens with one attached hydrogen (secondary N) is 1. The predicted octanol–water partition coefficient (Wildman–Crippen LogP) is 3.20. The Morgan fingerprint density at radius 1 is 1.29 bits per heavy atom. The van der Waals surface area contributed by atoms with E-state index in [0.717, 1.165) is 49.1 Å². The van der Waals surface area contributed by atoms with Crippen molar-refractivity contribution in [2.75, 3.05) is 11.9 Å². The largest absolute Gasteiger partial charge is 0.370 e. The molecule has 0 atom stereocenters. The maximum atomic E-state index is 4.63. The van der Waals surface area contributed by atoms with Gasteiger partial charge in [-0.2, -0.15) is 0 Å². The van der Waals surface area contributed by atoms with Crippen LogP contribution in [-0.4, -0.2) is 16.5 Å². The Hall–Kier alpha value is -1.12. The van der Waals surface area contributed by atoms with Crippen molar-refractivity contribution in [2.45, 2.75) is 52.4 Å². The number of anilines is 1. The first-order chi connectivity index (χ1) is 8.31. The van der Waals surface area contributed by atoms with E-state index >= 15 is 0 Å².